The Morgan fingerprint density at radius 3 is 0.932 bits per heavy atom. The molecule has 0 heteroatoms. The summed E-state index contributed by atoms with van der Waals surface area (Å²) in [5.41, 5.74) is 12.3. The SMILES string of the molecule is c1ccc(-c2cccc(-c3c4ccccc4c(-c4cc(-c5ccccc5)cc(-c5ccccc5)c4)c4ccccc34)c2)cc1. The van der Waals surface area contributed by atoms with E-state index >= 15 is 0 Å². The van der Waals surface area contributed by atoms with E-state index in [2.05, 4.69) is 182 Å². The third kappa shape index (κ3) is 4.68. The Labute approximate surface area is 258 Å². The fourth-order valence-electron chi connectivity index (χ4n) is 6.60. The molecule has 0 nitrogen and oxygen atoms in total. The fraction of sp³-hybridized carbons (Fsp3) is 0. The maximum atomic E-state index is 2.37. The van der Waals surface area contributed by atoms with Gasteiger partial charge in [0.15, 0.2) is 0 Å². The Morgan fingerprint density at radius 1 is 0.182 bits per heavy atom. The standard InChI is InChI=1S/C44H30/c1-4-15-31(16-5-1)34-21-14-22-35(27-34)43-39-23-10-12-25-41(39)44(42-26-13-11-24-40(42)43)38-29-36(32-17-6-2-7-18-32)28-37(30-38)33-19-8-3-9-20-33/h1-30H. The summed E-state index contributed by atoms with van der Waals surface area (Å²) in [6.45, 7) is 0. The van der Waals surface area contributed by atoms with E-state index in [1.165, 1.54) is 77.2 Å². The third-order valence-corrected chi connectivity index (χ3v) is 8.63. The van der Waals surface area contributed by atoms with Crippen LogP contribution in [0.3, 0.4) is 0 Å². The van der Waals surface area contributed by atoms with Gasteiger partial charge in [0.25, 0.3) is 0 Å². The van der Waals surface area contributed by atoms with Crippen molar-refractivity contribution in [1.82, 2.24) is 0 Å². The first-order chi connectivity index (χ1) is 21.8. The molecular formula is C44H30. The van der Waals surface area contributed by atoms with E-state index in [-0.39, 0.29) is 0 Å². The Kier molecular flexibility index (Phi) is 6.59. The van der Waals surface area contributed by atoms with Crippen LogP contribution in [0.25, 0.3) is 77.2 Å². The number of rotatable bonds is 5. The molecule has 206 valence electrons. The van der Waals surface area contributed by atoms with Crippen LogP contribution in [0.2, 0.25) is 0 Å². The zero-order valence-electron chi connectivity index (χ0n) is 24.3. The minimum absolute atomic E-state index is 1.22. The van der Waals surface area contributed by atoms with Crippen LogP contribution < -0.4 is 0 Å². The minimum Gasteiger partial charge on any atom is -0.0622 e. The molecule has 0 bridgehead atoms. The normalized spacial score (nSPS) is 11.2. The summed E-state index contributed by atoms with van der Waals surface area (Å²) in [7, 11) is 0. The number of hydrogen-bond acceptors (Lipinski definition) is 0. The first-order valence-electron chi connectivity index (χ1n) is 15.2. The van der Waals surface area contributed by atoms with Crippen LogP contribution in [-0.4, -0.2) is 0 Å². The zero-order chi connectivity index (χ0) is 29.3. The van der Waals surface area contributed by atoms with Gasteiger partial charge in [-0.2, -0.15) is 0 Å². The van der Waals surface area contributed by atoms with Crippen LogP contribution >= 0.6 is 0 Å². The Balaban J connectivity index is 1.43. The van der Waals surface area contributed by atoms with Crippen LogP contribution in [0.1, 0.15) is 0 Å². The van der Waals surface area contributed by atoms with Gasteiger partial charge in [0.05, 0.1) is 0 Å². The lowest BCUT2D eigenvalue weighted by atomic mass is 9.84. The summed E-state index contributed by atoms with van der Waals surface area (Å²) < 4.78 is 0. The molecule has 0 N–H and O–H groups in total. The molecule has 0 aromatic heterocycles. The lowest BCUT2D eigenvalue weighted by Gasteiger charge is -2.19. The van der Waals surface area contributed by atoms with E-state index in [4.69, 9.17) is 0 Å². The predicted molar refractivity (Wildman–Crippen MR) is 189 cm³/mol. The molecule has 0 fully saturated rings. The Hall–Kier alpha value is -5.72. The summed E-state index contributed by atoms with van der Waals surface area (Å²) in [4.78, 5) is 0. The molecule has 0 unspecified atom stereocenters. The molecule has 0 heterocycles. The van der Waals surface area contributed by atoms with E-state index in [0.29, 0.717) is 0 Å². The van der Waals surface area contributed by atoms with Gasteiger partial charge in [-0.1, -0.05) is 158 Å². The fourth-order valence-corrected chi connectivity index (χ4v) is 6.60. The number of benzene rings is 8. The van der Waals surface area contributed by atoms with Crippen LogP contribution in [0.15, 0.2) is 182 Å². The largest absolute Gasteiger partial charge is 0.0622 e. The predicted octanol–water partition coefficient (Wildman–Crippen LogP) is 12.3. The van der Waals surface area contributed by atoms with Crippen LogP contribution in [-0.2, 0) is 0 Å². The summed E-state index contributed by atoms with van der Waals surface area (Å²) in [6.07, 6.45) is 0. The highest BCUT2D eigenvalue weighted by Crippen LogP contribution is 2.45. The first kappa shape index (κ1) is 25.9. The highest BCUT2D eigenvalue weighted by atomic mass is 14.2. The van der Waals surface area contributed by atoms with Crippen LogP contribution in [0.5, 0.6) is 0 Å². The molecule has 8 aromatic carbocycles. The molecule has 44 heavy (non-hydrogen) atoms. The maximum Gasteiger partial charge on any atom is -0.00259 e. The van der Waals surface area contributed by atoms with Gasteiger partial charge in [0, 0.05) is 0 Å². The topological polar surface area (TPSA) is 0 Å². The summed E-state index contributed by atoms with van der Waals surface area (Å²) in [5.74, 6) is 0. The Bertz CT molecular complexity index is 2130. The zero-order valence-corrected chi connectivity index (χ0v) is 24.3. The second-order valence-electron chi connectivity index (χ2n) is 11.3. The molecule has 8 aromatic rings. The number of fused-ring (bicyclic) bond motifs is 2. The molecular weight excluding hydrogens is 528 g/mol. The maximum absolute atomic E-state index is 2.37. The van der Waals surface area contributed by atoms with Gasteiger partial charge in [0.2, 0.25) is 0 Å². The van der Waals surface area contributed by atoms with Crippen molar-refractivity contribution >= 4 is 21.5 Å². The van der Waals surface area contributed by atoms with Crippen molar-refractivity contribution in [3.05, 3.63) is 182 Å². The molecule has 0 amide bonds. The van der Waals surface area contributed by atoms with Gasteiger partial charge < -0.3 is 0 Å². The second kappa shape index (κ2) is 11.2. The van der Waals surface area contributed by atoms with Gasteiger partial charge >= 0.3 is 0 Å². The Morgan fingerprint density at radius 2 is 0.477 bits per heavy atom. The molecule has 0 spiro atoms. The van der Waals surface area contributed by atoms with E-state index < -0.39 is 0 Å². The van der Waals surface area contributed by atoms with Crippen LogP contribution in [0.4, 0.5) is 0 Å². The summed E-state index contributed by atoms with van der Waals surface area (Å²) in [6, 6.07) is 66.0. The molecule has 0 saturated heterocycles. The van der Waals surface area contributed by atoms with Gasteiger partial charge in [-0.25, -0.2) is 0 Å². The lowest BCUT2D eigenvalue weighted by Crippen LogP contribution is -1.92. The van der Waals surface area contributed by atoms with Gasteiger partial charge in [0.1, 0.15) is 0 Å². The summed E-state index contributed by atoms with van der Waals surface area (Å²) in [5, 5.41) is 5.04. The van der Waals surface area contributed by atoms with Crippen molar-refractivity contribution in [3.8, 4) is 55.6 Å². The van der Waals surface area contributed by atoms with Gasteiger partial charge in [-0.05, 0) is 101 Å². The van der Waals surface area contributed by atoms with Crippen molar-refractivity contribution in [2.75, 3.05) is 0 Å². The second-order valence-corrected chi connectivity index (χ2v) is 11.3. The van der Waals surface area contributed by atoms with E-state index in [1.807, 2.05) is 0 Å². The molecule has 0 aliphatic rings. The lowest BCUT2D eigenvalue weighted by molar-refractivity contribution is 1.58. The molecule has 0 aliphatic carbocycles. The van der Waals surface area contributed by atoms with Crippen molar-refractivity contribution in [1.29, 1.82) is 0 Å². The average molecular weight is 559 g/mol. The van der Waals surface area contributed by atoms with Crippen LogP contribution in [0, 0.1) is 0 Å². The quantitative estimate of drug-likeness (QED) is 0.184. The van der Waals surface area contributed by atoms with Crippen molar-refractivity contribution in [2.24, 2.45) is 0 Å². The molecule has 0 radical (unpaired) electrons. The highest BCUT2D eigenvalue weighted by Gasteiger charge is 2.18. The van der Waals surface area contributed by atoms with Crippen molar-refractivity contribution < 1.29 is 0 Å². The highest BCUT2D eigenvalue weighted by molar-refractivity contribution is 6.21. The van der Waals surface area contributed by atoms with E-state index in [9.17, 15) is 0 Å². The monoisotopic (exact) mass is 558 g/mol. The first-order valence-corrected chi connectivity index (χ1v) is 15.2. The number of hydrogen-bond donors (Lipinski definition) is 0. The van der Waals surface area contributed by atoms with E-state index in [1.54, 1.807) is 0 Å². The van der Waals surface area contributed by atoms with Gasteiger partial charge in [-0.3, -0.25) is 0 Å². The molecule has 0 aliphatic heterocycles. The average Bonchev–Trinajstić information content (AvgIpc) is 3.11. The third-order valence-electron chi connectivity index (χ3n) is 8.63. The molecule has 0 atom stereocenters. The summed E-state index contributed by atoms with van der Waals surface area (Å²) >= 11 is 0. The minimum atomic E-state index is 1.22. The van der Waals surface area contributed by atoms with E-state index in [0.717, 1.165) is 0 Å². The van der Waals surface area contributed by atoms with Crippen molar-refractivity contribution in [3.63, 3.8) is 0 Å². The molecule has 8 rings (SSSR count). The van der Waals surface area contributed by atoms with Gasteiger partial charge in [-0.15, -0.1) is 0 Å². The van der Waals surface area contributed by atoms with Crippen molar-refractivity contribution in [2.45, 2.75) is 0 Å². The molecule has 0 saturated carbocycles. The smallest absolute Gasteiger partial charge is 0.00259 e.